The van der Waals surface area contributed by atoms with Crippen LogP contribution in [0.4, 0.5) is 17.6 Å². The summed E-state index contributed by atoms with van der Waals surface area (Å²) in [5.74, 6) is -6.36. The van der Waals surface area contributed by atoms with Gasteiger partial charge >= 0.3 is 0 Å². The molecule has 17 heavy (non-hydrogen) atoms. The SMILES string of the molecule is Cc1csc(Sc2c(F)c(F)nc(F)c2F)n1. The van der Waals surface area contributed by atoms with Gasteiger partial charge in [0, 0.05) is 11.1 Å². The summed E-state index contributed by atoms with van der Waals surface area (Å²) in [4.78, 5) is 5.62. The van der Waals surface area contributed by atoms with E-state index in [9.17, 15) is 17.6 Å². The van der Waals surface area contributed by atoms with Crippen molar-refractivity contribution in [3.05, 3.63) is 34.6 Å². The lowest BCUT2D eigenvalue weighted by molar-refractivity contribution is 0.383. The van der Waals surface area contributed by atoms with Gasteiger partial charge in [0.05, 0.1) is 4.90 Å². The van der Waals surface area contributed by atoms with Crippen molar-refractivity contribution in [3.8, 4) is 0 Å². The van der Waals surface area contributed by atoms with Gasteiger partial charge in [-0.3, -0.25) is 0 Å². The van der Waals surface area contributed by atoms with E-state index in [1.54, 1.807) is 12.3 Å². The fourth-order valence-corrected chi connectivity index (χ4v) is 2.84. The summed E-state index contributed by atoms with van der Waals surface area (Å²) in [6.45, 7) is 1.70. The molecule has 0 unspecified atom stereocenters. The van der Waals surface area contributed by atoms with Crippen LogP contribution in [0, 0.1) is 30.5 Å². The third kappa shape index (κ3) is 2.42. The molecule has 0 spiro atoms. The van der Waals surface area contributed by atoms with Gasteiger partial charge in [-0.25, -0.2) is 13.8 Å². The molecule has 2 aromatic heterocycles. The predicted octanol–water partition coefficient (Wildman–Crippen LogP) is 3.55. The number of hydrogen-bond donors (Lipinski definition) is 0. The Bertz CT molecular complexity index is 544. The van der Waals surface area contributed by atoms with E-state index in [1.807, 2.05) is 0 Å². The predicted molar refractivity (Wildman–Crippen MR) is 55.0 cm³/mol. The van der Waals surface area contributed by atoms with Gasteiger partial charge in [-0.2, -0.15) is 13.8 Å². The van der Waals surface area contributed by atoms with Crippen molar-refractivity contribution in [2.75, 3.05) is 0 Å². The van der Waals surface area contributed by atoms with Crippen molar-refractivity contribution in [1.82, 2.24) is 9.97 Å². The molecular formula is C9H4F4N2S2. The van der Waals surface area contributed by atoms with Gasteiger partial charge in [0.1, 0.15) is 0 Å². The lowest BCUT2D eigenvalue weighted by atomic mass is 10.4. The van der Waals surface area contributed by atoms with E-state index in [-0.39, 0.29) is 0 Å². The van der Waals surface area contributed by atoms with Crippen LogP contribution < -0.4 is 0 Å². The second-order valence-corrected chi connectivity index (χ2v) is 5.12. The van der Waals surface area contributed by atoms with Gasteiger partial charge in [-0.15, -0.1) is 11.3 Å². The fraction of sp³-hybridized carbons (Fsp3) is 0.111. The average molecular weight is 280 g/mol. The summed E-state index contributed by atoms with van der Waals surface area (Å²) in [5.41, 5.74) is 0.660. The molecule has 0 fully saturated rings. The first kappa shape index (κ1) is 12.3. The zero-order valence-electron chi connectivity index (χ0n) is 8.30. The number of halogens is 4. The van der Waals surface area contributed by atoms with E-state index in [1.165, 1.54) is 0 Å². The minimum atomic E-state index is -1.67. The molecule has 90 valence electrons. The van der Waals surface area contributed by atoms with Gasteiger partial charge in [0.2, 0.25) is 0 Å². The summed E-state index contributed by atoms with van der Waals surface area (Å²) < 4.78 is 52.4. The molecule has 0 radical (unpaired) electrons. The molecular weight excluding hydrogens is 276 g/mol. The lowest BCUT2D eigenvalue weighted by Gasteiger charge is -2.03. The van der Waals surface area contributed by atoms with E-state index in [4.69, 9.17) is 0 Å². The Morgan fingerprint density at radius 3 is 2.12 bits per heavy atom. The molecule has 2 heterocycles. The van der Waals surface area contributed by atoms with Crippen LogP contribution >= 0.6 is 23.1 Å². The van der Waals surface area contributed by atoms with E-state index >= 15 is 0 Å². The van der Waals surface area contributed by atoms with Crippen molar-refractivity contribution >= 4 is 23.1 Å². The molecule has 0 saturated carbocycles. The normalized spacial score (nSPS) is 10.9. The smallest absolute Gasteiger partial charge is 0.235 e. The molecule has 0 N–H and O–H groups in total. The average Bonchev–Trinajstić information content (AvgIpc) is 2.68. The molecule has 2 rings (SSSR count). The Morgan fingerprint density at radius 2 is 1.65 bits per heavy atom. The zero-order chi connectivity index (χ0) is 12.6. The first-order chi connectivity index (χ1) is 7.99. The molecule has 8 heteroatoms. The van der Waals surface area contributed by atoms with Crippen molar-refractivity contribution < 1.29 is 17.6 Å². The highest BCUT2D eigenvalue weighted by Gasteiger charge is 2.22. The number of aryl methyl sites for hydroxylation is 1. The van der Waals surface area contributed by atoms with Crippen molar-refractivity contribution in [3.63, 3.8) is 0 Å². The van der Waals surface area contributed by atoms with Crippen molar-refractivity contribution in [1.29, 1.82) is 0 Å². The molecule has 0 aliphatic rings. The largest absolute Gasteiger partial charge is 0.252 e. The Morgan fingerprint density at radius 1 is 1.06 bits per heavy atom. The van der Waals surface area contributed by atoms with Crippen LogP contribution in [0.25, 0.3) is 0 Å². The fourth-order valence-electron chi connectivity index (χ4n) is 1.02. The zero-order valence-corrected chi connectivity index (χ0v) is 9.93. The summed E-state index contributed by atoms with van der Waals surface area (Å²) in [6.07, 6.45) is 0. The topological polar surface area (TPSA) is 25.8 Å². The quantitative estimate of drug-likeness (QED) is 0.621. The maximum absolute atomic E-state index is 13.2. The van der Waals surface area contributed by atoms with Crippen molar-refractivity contribution in [2.24, 2.45) is 0 Å². The van der Waals surface area contributed by atoms with Crippen LogP contribution in [0.1, 0.15) is 5.69 Å². The molecule has 0 aliphatic carbocycles. The van der Waals surface area contributed by atoms with Crippen LogP contribution in [0.15, 0.2) is 14.6 Å². The summed E-state index contributed by atoms with van der Waals surface area (Å²) >= 11 is 1.65. The maximum Gasteiger partial charge on any atom is 0.252 e. The van der Waals surface area contributed by atoms with Crippen molar-refractivity contribution in [2.45, 2.75) is 16.2 Å². The molecule has 0 aromatic carbocycles. The second kappa shape index (κ2) is 4.61. The number of pyridine rings is 1. The van der Waals surface area contributed by atoms with Crippen LogP contribution in [-0.2, 0) is 0 Å². The first-order valence-electron chi connectivity index (χ1n) is 4.29. The molecule has 2 nitrogen and oxygen atoms in total. The molecule has 0 bridgehead atoms. The number of rotatable bonds is 2. The van der Waals surface area contributed by atoms with Gasteiger partial charge < -0.3 is 0 Å². The Balaban J connectivity index is 2.45. The van der Waals surface area contributed by atoms with E-state index < -0.39 is 28.4 Å². The Hall–Kier alpha value is -1.15. The maximum atomic E-state index is 13.2. The molecule has 0 atom stereocenters. The molecule has 0 amide bonds. The first-order valence-corrected chi connectivity index (χ1v) is 5.98. The molecule has 0 aliphatic heterocycles. The second-order valence-electron chi connectivity index (χ2n) is 3.01. The molecule has 0 saturated heterocycles. The van der Waals surface area contributed by atoms with E-state index in [2.05, 4.69) is 9.97 Å². The monoisotopic (exact) mass is 280 g/mol. The summed E-state index contributed by atoms with van der Waals surface area (Å²) in [5, 5.41) is 1.66. The lowest BCUT2D eigenvalue weighted by Crippen LogP contribution is -2.01. The highest BCUT2D eigenvalue weighted by molar-refractivity contribution is 8.01. The third-order valence-corrected chi connectivity index (χ3v) is 3.86. The highest BCUT2D eigenvalue weighted by atomic mass is 32.2. The minimum Gasteiger partial charge on any atom is -0.235 e. The van der Waals surface area contributed by atoms with Gasteiger partial charge in [-0.1, -0.05) is 11.8 Å². The highest BCUT2D eigenvalue weighted by Crippen LogP contribution is 2.34. The van der Waals surface area contributed by atoms with E-state index in [0.717, 1.165) is 11.3 Å². The standard InChI is InChI=1S/C9H4F4N2S2/c1-3-2-16-9(14-3)17-6-4(10)7(12)15-8(13)5(6)11/h2H,1H3. The van der Waals surface area contributed by atoms with Crippen LogP contribution in [0.3, 0.4) is 0 Å². The number of aromatic nitrogens is 2. The number of thiazole rings is 1. The Kier molecular flexibility index (Phi) is 3.34. The van der Waals surface area contributed by atoms with Crippen LogP contribution in [0.5, 0.6) is 0 Å². The van der Waals surface area contributed by atoms with Gasteiger partial charge in [-0.05, 0) is 6.92 Å². The van der Waals surface area contributed by atoms with Crippen LogP contribution in [-0.4, -0.2) is 9.97 Å². The number of nitrogens with zero attached hydrogens (tertiary/aromatic N) is 2. The Labute approximate surface area is 102 Å². The third-order valence-electron chi connectivity index (χ3n) is 1.74. The van der Waals surface area contributed by atoms with Gasteiger partial charge in [0.25, 0.3) is 11.9 Å². The summed E-state index contributed by atoms with van der Waals surface area (Å²) in [6, 6.07) is 0. The van der Waals surface area contributed by atoms with E-state index in [0.29, 0.717) is 21.8 Å². The van der Waals surface area contributed by atoms with Crippen LogP contribution in [0.2, 0.25) is 0 Å². The number of hydrogen-bond acceptors (Lipinski definition) is 4. The summed E-state index contributed by atoms with van der Waals surface area (Å²) in [7, 11) is 0. The minimum absolute atomic E-state index is 0.297. The van der Waals surface area contributed by atoms with Gasteiger partial charge in [0.15, 0.2) is 16.0 Å². The molecule has 2 aromatic rings.